The fraction of sp³-hybridized carbons (Fsp3) is 0.538. The van der Waals surface area contributed by atoms with E-state index in [-0.39, 0.29) is 10.6 Å². The summed E-state index contributed by atoms with van der Waals surface area (Å²) in [7, 11) is 2.09. The number of hydrogen-bond acceptors (Lipinski definition) is 4. The van der Waals surface area contributed by atoms with E-state index in [2.05, 4.69) is 35.7 Å². The Hall–Kier alpha value is -1.33. The Kier molecular flexibility index (Phi) is 3.96. The van der Waals surface area contributed by atoms with Gasteiger partial charge in [0, 0.05) is 31.4 Å². The van der Waals surface area contributed by atoms with Gasteiger partial charge in [-0.25, -0.2) is 9.78 Å². The second kappa shape index (κ2) is 5.35. The molecule has 1 N–H and O–H groups in total. The molecule has 1 aliphatic heterocycles. The van der Waals surface area contributed by atoms with Gasteiger partial charge < -0.3 is 10.0 Å². The molecule has 1 aromatic rings. The highest BCUT2D eigenvalue weighted by Crippen LogP contribution is 2.29. The number of piperazine rings is 1. The molecule has 6 heteroatoms. The third-order valence-corrected chi connectivity index (χ3v) is 4.13. The minimum atomic E-state index is -1.02. The normalized spacial score (nSPS) is 24.5. The van der Waals surface area contributed by atoms with Gasteiger partial charge in [0.25, 0.3) is 0 Å². The van der Waals surface area contributed by atoms with Crippen LogP contribution >= 0.6 is 11.6 Å². The van der Waals surface area contributed by atoms with Crippen LogP contribution < -0.4 is 4.90 Å². The predicted octanol–water partition coefficient (Wildman–Crippen LogP) is 1.96. The van der Waals surface area contributed by atoms with Crippen molar-refractivity contribution in [3.8, 4) is 0 Å². The van der Waals surface area contributed by atoms with Gasteiger partial charge in [0.15, 0.2) is 0 Å². The molecule has 1 aliphatic rings. The number of nitrogens with zero attached hydrogens (tertiary/aromatic N) is 3. The molecule has 0 saturated carbocycles. The van der Waals surface area contributed by atoms with E-state index in [1.54, 1.807) is 0 Å². The first-order valence-electron chi connectivity index (χ1n) is 6.26. The zero-order valence-corrected chi connectivity index (χ0v) is 12.1. The summed E-state index contributed by atoms with van der Waals surface area (Å²) in [5.41, 5.74) is 0.103. The summed E-state index contributed by atoms with van der Waals surface area (Å²) in [5.74, 6) is -0.461. The third kappa shape index (κ3) is 2.67. The quantitative estimate of drug-likeness (QED) is 0.899. The summed E-state index contributed by atoms with van der Waals surface area (Å²) in [6, 6.07) is 2.17. The number of anilines is 1. The lowest BCUT2D eigenvalue weighted by atomic mass is 10.1. The zero-order chi connectivity index (χ0) is 14.2. The van der Waals surface area contributed by atoms with Crippen molar-refractivity contribution in [3.05, 3.63) is 22.8 Å². The van der Waals surface area contributed by atoms with Crippen LogP contribution in [0, 0.1) is 0 Å². The third-order valence-electron chi connectivity index (χ3n) is 3.76. The number of carbonyl (C=O) groups is 1. The fourth-order valence-corrected chi connectivity index (χ4v) is 2.71. The molecule has 1 aromatic heterocycles. The molecule has 0 bridgehead atoms. The van der Waals surface area contributed by atoms with E-state index in [9.17, 15) is 4.79 Å². The summed E-state index contributed by atoms with van der Waals surface area (Å²) < 4.78 is 0. The lowest BCUT2D eigenvalue weighted by Gasteiger charge is -2.43. The van der Waals surface area contributed by atoms with Crippen LogP contribution in [0.3, 0.4) is 0 Å². The molecular weight excluding hydrogens is 266 g/mol. The van der Waals surface area contributed by atoms with Crippen molar-refractivity contribution in [2.24, 2.45) is 0 Å². The molecular formula is C13H18ClN3O2. The molecule has 0 aromatic carbocycles. The summed E-state index contributed by atoms with van der Waals surface area (Å²) in [6.45, 7) is 5.85. The Labute approximate surface area is 117 Å². The van der Waals surface area contributed by atoms with Crippen LogP contribution in [-0.4, -0.2) is 53.2 Å². The summed E-state index contributed by atoms with van der Waals surface area (Å²) in [5, 5.41) is 9.32. The first-order chi connectivity index (χ1) is 8.91. The lowest BCUT2D eigenvalue weighted by molar-refractivity contribution is 0.0697. The van der Waals surface area contributed by atoms with Crippen molar-refractivity contribution >= 4 is 23.4 Å². The van der Waals surface area contributed by atoms with Crippen LogP contribution in [0.25, 0.3) is 0 Å². The zero-order valence-electron chi connectivity index (χ0n) is 11.3. The molecule has 2 unspecified atom stereocenters. The average Bonchev–Trinajstić information content (AvgIpc) is 2.35. The van der Waals surface area contributed by atoms with Gasteiger partial charge in [-0.1, -0.05) is 11.6 Å². The standard InChI is InChI=1S/C13H18ClN3O2/c1-8-6-17(7-9(2)16(8)3)12-11(14)10(13(18)19)4-5-15-12/h4-5,8-9H,6-7H2,1-3H3,(H,18,19). The maximum Gasteiger partial charge on any atom is 0.337 e. The number of aromatic carboxylic acids is 1. The van der Waals surface area contributed by atoms with Crippen molar-refractivity contribution < 1.29 is 9.90 Å². The second-order valence-corrected chi connectivity index (χ2v) is 5.45. The van der Waals surface area contributed by atoms with Crippen LogP contribution in [-0.2, 0) is 0 Å². The number of pyridine rings is 1. The van der Waals surface area contributed by atoms with Crippen LogP contribution in [0.15, 0.2) is 12.3 Å². The van der Waals surface area contributed by atoms with Crippen LogP contribution in [0.4, 0.5) is 5.82 Å². The highest BCUT2D eigenvalue weighted by Gasteiger charge is 2.29. The minimum absolute atomic E-state index is 0.103. The van der Waals surface area contributed by atoms with E-state index in [1.165, 1.54) is 12.3 Å². The van der Waals surface area contributed by atoms with E-state index < -0.39 is 5.97 Å². The van der Waals surface area contributed by atoms with E-state index in [0.29, 0.717) is 17.9 Å². The number of carboxylic acid groups (broad SMARTS) is 1. The highest BCUT2D eigenvalue weighted by atomic mass is 35.5. The average molecular weight is 284 g/mol. The van der Waals surface area contributed by atoms with Crippen LogP contribution in [0.1, 0.15) is 24.2 Å². The largest absolute Gasteiger partial charge is 0.478 e. The Morgan fingerprint density at radius 1 is 1.42 bits per heavy atom. The van der Waals surface area contributed by atoms with Crippen molar-refractivity contribution in [1.82, 2.24) is 9.88 Å². The second-order valence-electron chi connectivity index (χ2n) is 5.07. The topological polar surface area (TPSA) is 56.7 Å². The van der Waals surface area contributed by atoms with E-state index in [4.69, 9.17) is 16.7 Å². The number of carboxylic acids is 1. The Balaban J connectivity index is 2.32. The Morgan fingerprint density at radius 3 is 2.53 bits per heavy atom. The smallest absolute Gasteiger partial charge is 0.337 e. The van der Waals surface area contributed by atoms with Gasteiger partial charge in [0.1, 0.15) is 5.82 Å². The van der Waals surface area contributed by atoms with Crippen molar-refractivity contribution in [3.63, 3.8) is 0 Å². The number of rotatable bonds is 2. The predicted molar refractivity (Wildman–Crippen MR) is 75.1 cm³/mol. The molecule has 1 saturated heterocycles. The maximum absolute atomic E-state index is 11.1. The molecule has 1 fully saturated rings. The summed E-state index contributed by atoms with van der Waals surface area (Å²) in [4.78, 5) is 19.7. The van der Waals surface area contributed by atoms with Crippen LogP contribution in [0.5, 0.6) is 0 Å². The SMILES string of the molecule is CC1CN(c2nccc(C(=O)O)c2Cl)CC(C)N1C. The molecule has 2 rings (SSSR count). The van der Waals surface area contributed by atoms with Crippen molar-refractivity contribution in [2.75, 3.05) is 25.0 Å². The van der Waals surface area contributed by atoms with E-state index >= 15 is 0 Å². The highest BCUT2D eigenvalue weighted by molar-refractivity contribution is 6.35. The Bertz CT molecular complexity index is 483. The number of hydrogen-bond donors (Lipinski definition) is 1. The maximum atomic E-state index is 11.1. The van der Waals surface area contributed by atoms with Gasteiger partial charge in [-0.2, -0.15) is 0 Å². The number of halogens is 1. The van der Waals surface area contributed by atoms with Gasteiger partial charge in [-0.05, 0) is 27.0 Å². The van der Waals surface area contributed by atoms with Crippen molar-refractivity contribution in [1.29, 1.82) is 0 Å². The lowest BCUT2D eigenvalue weighted by Crippen LogP contribution is -2.55. The summed E-state index contributed by atoms with van der Waals surface area (Å²) >= 11 is 6.17. The minimum Gasteiger partial charge on any atom is -0.478 e. The monoisotopic (exact) mass is 283 g/mol. The molecule has 0 radical (unpaired) electrons. The van der Waals surface area contributed by atoms with E-state index in [0.717, 1.165) is 13.1 Å². The first kappa shape index (κ1) is 14.1. The van der Waals surface area contributed by atoms with Gasteiger partial charge in [0.05, 0.1) is 10.6 Å². The van der Waals surface area contributed by atoms with Crippen LogP contribution in [0.2, 0.25) is 5.02 Å². The fourth-order valence-electron chi connectivity index (χ4n) is 2.40. The van der Waals surface area contributed by atoms with E-state index in [1.807, 2.05) is 0 Å². The molecule has 104 valence electrons. The van der Waals surface area contributed by atoms with Gasteiger partial charge >= 0.3 is 5.97 Å². The van der Waals surface area contributed by atoms with Gasteiger partial charge in [0.2, 0.25) is 0 Å². The molecule has 19 heavy (non-hydrogen) atoms. The molecule has 2 heterocycles. The molecule has 0 aliphatic carbocycles. The molecule has 5 nitrogen and oxygen atoms in total. The molecule has 2 atom stereocenters. The first-order valence-corrected chi connectivity index (χ1v) is 6.64. The molecule has 0 amide bonds. The van der Waals surface area contributed by atoms with Crippen molar-refractivity contribution in [2.45, 2.75) is 25.9 Å². The number of aromatic nitrogens is 1. The van der Waals surface area contributed by atoms with Gasteiger partial charge in [-0.3, -0.25) is 4.90 Å². The van der Waals surface area contributed by atoms with Gasteiger partial charge in [-0.15, -0.1) is 0 Å². The summed E-state index contributed by atoms with van der Waals surface area (Å²) in [6.07, 6.45) is 1.50. The number of likely N-dealkylation sites (N-methyl/N-ethyl adjacent to an activating group) is 1. The Morgan fingerprint density at radius 2 is 2.00 bits per heavy atom. The molecule has 0 spiro atoms.